The van der Waals surface area contributed by atoms with Crippen LogP contribution in [0.25, 0.3) is 0 Å². The maximum absolute atomic E-state index is 11.3. The maximum Gasteiger partial charge on any atom is 0.340 e. The van der Waals surface area contributed by atoms with Crippen LogP contribution in [0.15, 0.2) is 6.07 Å². The summed E-state index contributed by atoms with van der Waals surface area (Å²) < 4.78 is 14.3. The van der Waals surface area contributed by atoms with Gasteiger partial charge in [0.1, 0.15) is 5.69 Å². The summed E-state index contributed by atoms with van der Waals surface area (Å²) in [4.78, 5) is 15.2. The number of aromatic nitrogens is 1. The summed E-state index contributed by atoms with van der Waals surface area (Å²) in [5.41, 5.74) is 5.95. The van der Waals surface area contributed by atoms with Crippen molar-refractivity contribution in [2.45, 2.75) is 0 Å². The van der Waals surface area contributed by atoms with Gasteiger partial charge in [-0.1, -0.05) is 0 Å². The molecule has 0 saturated carbocycles. The summed E-state index contributed by atoms with van der Waals surface area (Å²) >= 11 is 0. The number of methoxy groups -OCH3 is 3. The van der Waals surface area contributed by atoms with E-state index in [4.69, 9.17) is 15.2 Å². The average molecular weight is 212 g/mol. The maximum atomic E-state index is 11.3. The van der Waals surface area contributed by atoms with E-state index in [1.807, 2.05) is 0 Å². The van der Waals surface area contributed by atoms with Gasteiger partial charge in [0.15, 0.2) is 0 Å². The second kappa shape index (κ2) is 4.50. The molecule has 0 bridgehead atoms. The number of nitrogens with two attached hydrogens (primary N) is 1. The minimum Gasteiger partial charge on any atom is -0.481 e. The second-order valence-electron chi connectivity index (χ2n) is 2.63. The molecule has 0 fully saturated rings. The van der Waals surface area contributed by atoms with E-state index in [-0.39, 0.29) is 23.0 Å². The van der Waals surface area contributed by atoms with Gasteiger partial charge in [0.25, 0.3) is 0 Å². The predicted octanol–water partition coefficient (Wildman–Crippen LogP) is 0.468. The van der Waals surface area contributed by atoms with Crippen molar-refractivity contribution in [1.82, 2.24) is 4.98 Å². The molecule has 1 heterocycles. The number of esters is 1. The molecule has 1 aromatic rings. The fourth-order valence-corrected chi connectivity index (χ4v) is 1.05. The molecule has 0 saturated heterocycles. The lowest BCUT2D eigenvalue weighted by molar-refractivity contribution is 0.0601. The molecular weight excluding hydrogens is 200 g/mol. The van der Waals surface area contributed by atoms with Gasteiger partial charge >= 0.3 is 5.97 Å². The van der Waals surface area contributed by atoms with E-state index in [9.17, 15) is 4.79 Å². The van der Waals surface area contributed by atoms with E-state index in [0.717, 1.165) is 0 Å². The standard InChI is InChI=1S/C9H12N2O4/c1-13-6-4-5(9(12)15-3)7(10)8(11-6)14-2/h4H,10H2,1-3H3. The summed E-state index contributed by atoms with van der Waals surface area (Å²) in [5, 5.41) is 0. The van der Waals surface area contributed by atoms with Gasteiger partial charge < -0.3 is 19.9 Å². The first-order valence-electron chi connectivity index (χ1n) is 4.10. The third-order valence-electron chi connectivity index (χ3n) is 1.81. The second-order valence-corrected chi connectivity index (χ2v) is 2.63. The molecule has 0 aliphatic carbocycles. The van der Waals surface area contributed by atoms with Crippen molar-refractivity contribution in [2.24, 2.45) is 0 Å². The van der Waals surface area contributed by atoms with Crippen LogP contribution >= 0.6 is 0 Å². The largest absolute Gasteiger partial charge is 0.481 e. The van der Waals surface area contributed by atoms with Gasteiger partial charge in [-0.2, -0.15) is 4.98 Å². The molecule has 0 spiro atoms. The van der Waals surface area contributed by atoms with Crippen molar-refractivity contribution in [3.8, 4) is 11.8 Å². The Labute approximate surface area is 87.0 Å². The van der Waals surface area contributed by atoms with Gasteiger partial charge in [-0.15, -0.1) is 0 Å². The molecule has 0 aromatic carbocycles. The van der Waals surface area contributed by atoms with Crippen LogP contribution in [0.2, 0.25) is 0 Å². The van der Waals surface area contributed by atoms with E-state index in [1.54, 1.807) is 0 Å². The molecule has 2 N–H and O–H groups in total. The fourth-order valence-electron chi connectivity index (χ4n) is 1.05. The number of nitrogens with zero attached hydrogens (tertiary/aromatic N) is 1. The Morgan fingerprint density at radius 2 is 2.00 bits per heavy atom. The number of carbonyl (C=O) groups excluding carboxylic acids is 1. The lowest BCUT2D eigenvalue weighted by Gasteiger charge is -2.09. The van der Waals surface area contributed by atoms with Crippen LogP contribution < -0.4 is 15.2 Å². The molecular formula is C9H12N2O4. The number of ether oxygens (including phenoxy) is 3. The van der Waals surface area contributed by atoms with Crippen molar-refractivity contribution in [3.05, 3.63) is 11.6 Å². The monoisotopic (exact) mass is 212 g/mol. The Bertz CT molecular complexity index is 379. The van der Waals surface area contributed by atoms with Gasteiger partial charge in [-0.3, -0.25) is 0 Å². The Morgan fingerprint density at radius 3 is 2.47 bits per heavy atom. The quantitative estimate of drug-likeness (QED) is 0.733. The predicted molar refractivity (Wildman–Crippen MR) is 53.1 cm³/mol. The third kappa shape index (κ3) is 2.09. The highest BCUT2D eigenvalue weighted by molar-refractivity contribution is 5.96. The van der Waals surface area contributed by atoms with E-state index in [1.165, 1.54) is 27.4 Å². The van der Waals surface area contributed by atoms with E-state index in [0.29, 0.717) is 0 Å². The number of anilines is 1. The van der Waals surface area contributed by atoms with Crippen molar-refractivity contribution in [1.29, 1.82) is 0 Å². The number of hydrogen-bond acceptors (Lipinski definition) is 6. The van der Waals surface area contributed by atoms with Crippen LogP contribution in [-0.2, 0) is 4.74 Å². The van der Waals surface area contributed by atoms with Gasteiger partial charge in [0, 0.05) is 6.07 Å². The molecule has 6 nitrogen and oxygen atoms in total. The molecule has 0 unspecified atom stereocenters. The summed E-state index contributed by atoms with van der Waals surface area (Å²) in [6.07, 6.45) is 0. The molecule has 15 heavy (non-hydrogen) atoms. The van der Waals surface area contributed by atoms with Crippen LogP contribution in [-0.4, -0.2) is 32.3 Å². The molecule has 0 amide bonds. The normalized spacial score (nSPS) is 9.53. The van der Waals surface area contributed by atoms with Gasteiger partial charge in [0.2, 0.25) is 11.8 Å². The van der Waals surface area contributed by atoms with Crippen LogP contribution in [0, 0.1) is 0 Å². The lowest BCUT2D eigenvalue weighted by atomic mass is 10.2. The first-order chi connectivity index (χ1) is 7.13. The summed E-state index contributed by atoms with van der Waals surface area (Å²) in [5.74, 6) is -0.192. The van der Waals surface area contributed by atoms with Crippen LogP contribution in [0.1, 0.15) is 10.4 Å². The Kier molecular flexibility index (Phi) is 3.33. The van der Waals surface area contributed by atoms with Crippen molar-refractivity contribution < 1.29 is 19.0 Å². The number of carbonyl (C=O) groups is 1. The molecule has 0 radical (unpaired) electrons. The van der Waals surface area contributed by atoms with E-state index < -0.39 is 5.97 Å². The first-order valence-corrected chi connectivity index (χ1v) is 4.10. The molecule has 1 aromatic heterocycles. The molecule has 1 rings (SSSR count). The number of rotatable bonds is 3. The van der Waals surface area contributed by atoms with Crippen LogP contribution in [0.3, 0.4) is 0 Å². The first kappa shape index (κ1) is 11.1. The zero-order valence-corrected chi connectivity index (χ0v) is 8.73. The third-order valence-corrected chi connectivity index (χ3v) is 1.81. The molecule has 0 atom stereocenters. The van der Waals surface area contributed by atoms with Gasteiger partial charge in [-0.05, 0) is 0 Å². The molecule has 82 valence electrons. The topological polar surface area (TPSA) is 83.7 Å². The average Bonchev–Trinajstić information content (AvgIpc) is 2.28. The molecule has 0 aliphatic rings. The minimum absolute atomic E-state index is 0.130. The highest BCUT2D eigenvalue weighted by Gasteiger charge is 2.17. The highest BCUT2D eigenvalue weighted by Crippen LogP contribution is 2.27. The summed E-state index contributed by atoms with van der Waals surface area (Å²) in [7, 11) is 4.10. The van der Waals surface area contributed by atoms with Crippen molar-refractivity contribution in [2.75, 3.05) is 27.1 Å². The Hall–Kier alpha value is -1.98. The smallest absolute Gasteiger partial charge is 0.340 e. The van der Waals surface area contributed by atoms with Crippen LogP contribution in [0.4, 0.5) is 5.69 Å². The van der Waals surface area contributed by atoms with E-state index in [2.05, 4.69) is 9.72 Å². The van der Waals surface area contributed by atoms with Gasteiger partial charge in [0.05, 0.1) is 26.9 Å². The van der Waals surface area contributed by atoms with Crippen molar-refractivity contribution >= 4 is 11.7 Å². The molecule has 6 heteroatoms. The number of nitrogen functional groups attached to an aromatic ring is 1. The zero-order chi connectivity index (χ0) is 11.4. The molecule has 0 aliphatic heterocycles. The number of hydrogen-bond donors (Lipinski definition) is 1. The van der Waals surface area contributed by atoms with E-state index >= 15 is 0 Å². The Balaban J connectivity index is 3.30. The lowest BCUT2D eigenvalue weighted by Crippen LogP contribution is -2.09. The van der Waals surface area contributed by atoms with Crippen molar-refractivity contribution in [3.63, 3.8) is 0 Å². The SMILES string of the molecule is COC(=O)c1cc(OC)nc(OC)c1N. The zero-order valence-electron chi connectivity index (χ0n) is 8.73. The summed E-state index contributed by atoms with van der Waals surface area (Å²) in [6, 6.07) is 1.39. The summed E-state index contributed by atoms with van der Waals surface area (Å²) in [6.45, 7) is 0. The minimum atomic E-state index is -0.563. The number of pyridine rings is 1. The van der Waals surface area contributed by atoms with Crippen LogP contribution in [0.5, 0.6) is 11.8 Å². The Morgan fingerprint density at radius 1 is 1.33 bits per heavy atom. The highest BCUT2D eigenvalue weighted by atomic mass is 16.5. The van der Waals surface area contributed by atoms with Gasteiger partial charge in [-0.25, -0.2) is 4.79 Å². The fraction of sp³-hybridized carbons (Fsp3) is 0.333.